The van der Waals surface area contributed by atoms with Crippen molar-refractivity contribution in [2.45, 2.75) is 19.4 Å². The van der Waals surface area contributed by atoms with E-state index in [1.807, 2.05) is 30.8 Å². The second-order valence-electron chi connectivity index (χ2n) is 4.17. The second-order valence-corrected chi connectivity index (χ2v) is 4.97. The summed E-state index contributed by atoms with van der Waals surface area (Å²) in [5.41, 5.74) is 6.05. The van der Waals surface area contributed by atoms with Crippen molar-refractivity contribution in [3.63, 3.8) is 0 Å². The van der Waals surface area contributed by atoms with E-state index in [2.05, 4.69) is 31.4 Å². The van der Waals surface area contributed by atoms with E-state index in [9.17, 15) is 0 Å². The Morgan fingerprint density at radius 1 is 1.44 bits per heavy atom. The molecule has 1 atom stereocenters. The zero-order valence-corrected chi connectivity index (χ0v) is 12.0. The van der Waals surface area contributed by atoms with Crippen LogP contribution in [0.5, 0.6) is 0 Å². The molecule has 0 aliphatic rings. The number of hydrazine groups is 1. The third-order valence-electron chi connectivity index (χ3n) is 2.97. The Balaban J connectivity index is 2.26. The number of pyridine rings is 1. The highest BCUT2D eigenvalue weighted by molar-refractivity contribution is 9.10. The van der Waals surface area contributed by atoms with Gasteiger partial charge in [-0.05, 0) is 40.5 Å². The predicted molar refractivity (Wildman–Crippen MR) is 73.7 cm³/mol. The topological polar surface area (TPSA) is 68.8 Å². The van der Waals surface area contributed by atoms with E-state index in [-0.39, 0.29) is 6.04 Å². The van der Waals surface area contributed by atoms with Crippen LogP contribution in [0, 0.1) is 6.92 Å². The maximum absolute atomic E-state index is 5.64. The number of hydrogen-bond acceptors (Lipinski definition) is 4. The van der Waals surface area contributed by atoms with Crippen molar-refractivity contribution in [3.05, 3.63) is 46.0 Å². The van der Waals surface area contributed by atoms with Crippen molar-refractivity contribution in [1.82, 2.24) is 20.2 Å². The van der Waals surface area contributed by atoms with Crippen LogP contribution in [0.4, 0.5) is 0 Å². The van der Waals surface area contributed by atoms with Gasteiger partial charge in [0.25, 0.3) is 0 Å². The fraction of sp³-hybridized carbons (Fsp3) is 0.333. The molecule has 0 aliphatic heterocycles. The van der Waals surface area contributed by atoms with Gasteiger partial charge in [0.1, 0.15) is 0 Å². The molecule has 0 bridgehead atoms. The molecule has 0 saturated carbocycles. The Morgan fingerprint density at radius 2 is 2.11 bits per heavy atom. The molecule has 0 amide bonds. The predicted octanol–water partition coefficient (Wildman–Crippen LogP) is 1.63. The van der Waals surface area contributed by atoms with E-state index in [1.165, 1.54) is 0 Å². The molecule has 2 rings (SSSR count). The van der Waals surface area contributed by atoms with Gasteiger partial charge in [-0.1, -0.05) is 0 Å². The first-order valence-corrected chi connectivity index (χ1v) is 6.46. The Bertz CT molecular complexity index is 523. The van der Waals surface area contributed by atoms with Crippen molar-refractivity contribution in [1.29, 1.82) is 0 Å². The van der Waals surface area contributed by atoms with Crippen molar-refractivity contribution in [3.8, 4) is 0 Å². The molecule has 1 unspecified atom stereocenters. The quantitative estimate of drug-likeness (QED) is 0.665. The second kappa shape index (κ2) is 5.60. The molecule has 18 heavy (non-hydrogen) atoms. The molecule has 0 aliphatic carbocycles. The van der Waals surface area contributed by atoms with E-state index in [1.54, 1.807) is 12.4 Å². The fourth-order valence-corrected chi connectivity index (χ4v) is 2.46. The molecule has 0 aromatic carbocycles. The Kier molecular flexibility index (Phi) is 4.11. The summed E-state index contributed by atoms with van der Waals surface area (Å²) in [5.74, 6) is 5.64. The van der Waals surface area contributed by atoms with Crippen LogP contribution in [0.1, 0.15) is 23.0 Å². The maximum Gasteiger partial charge on any atom is 0.0738 e. The lowest BCUT2D eigenvalue weighted by molar-refractivity contribution is 0.528. The van der Waals surface area contributed by atoms with E-state index in [4.69, 9.17) is 5.84 Å². The molecule has 0 radical (unpaired) electrons. The highest BCUT2D eigenvalue weighted by Gasteiger charge is 2.17. The van der Waals surface area contributed by atoms with Crippen molar-refractivity contribution in [2.75, 3.05) is 0 Å². The number of aryl methyl sites for hydroxylation is 2. The molecule has 0 spiro atoms. The van der Waals surface area contributed by atoms with Gasteiger partial charge in [0, 0.05) is 25.9 Å². The summed E-state index contributed by atoms with van der Waals surface area (Å²) in [5, 5.41) is 4.38. The Morgan fingerprint density at radius 3 is 2.61 bits per heavy atom. The van der Waals surface area contributed by atoms with Gasteiger partial charge < -0.3 is 0 Å². The van der Waals surface area contributed by atoms with Crippen LogP contribution in [0.25, 0.3) is 0 Å². The summed E-state index contributed by atoms with van der Waals surface area (Å²) in [6, 6.07) is 3.96. The normalized spacial score (nSPS) is 12.7. The molecule has 0 saturated heterocycles. The summed E-state index contributed by atoms with van der Waals surface area (Å²) in [6.07, 6.45) is 4.30. The zero-order valence-electron chi connectivity index (χ0n) is 10.4. The van der Waals surface area contributed by atoms with Gasteiger partial charge in [-0.25, -0.2) is 0 Å². The number of nitrogens with zero attached hydrogens (tertiary/aromatic N) is 3. The number of rotatable bonds is 4. The zero-order chi connectivity index (χ0) is 13.1. The summed E-state index contributed by atoms with van der Waals surface area (Å²) < 4.78 is 2.92. The Labute approximate surface area is 115 Å². The standard InChI is InChI=1S/C12H16BrN5/c1-8-12(13)11(18(2)17-8)7-10(16-14)9-3-5-15-6-4-9/h3-6,10,16H,7,14H2,1-2H3. The molecule has 2 aromatic rings. The van der Waals surface area contributed by atoms with Crippen LogP contribution in [0.3, 0.4) is 0 Å². The number of nitrogens with two attached hydrogens (primary N) is 1. The van der Waals surface area contributed by atoms with Crippen molar-refractivity contribution in [2.24, 2.45) is 12.9 Å². The average Bonchev–Trinajstić information content (AvgIpc) is 2.62. The lowest BCUT2D eigenvalue weighted by atomic mass is 10.0. The van der Waals surface area contributed by atoms with Gasteiger partial charge in [-0.15, -0.1) is 0 Å². The van der Waals surface area contributed by atoms with Gasteiger partial charge in [0.05, 0.1) is 21.9 Å². The largest absolute Gasteiger partial charge is 0.271 e. The van der Waals surface area contributed by atoms with Gasteiger partial charge in [-0.3, -0.25) is 20.9 Å². The first kappa shape index (κ1) is 13.2. The molecular formula is C12H16BrN5. The monoisotopic (exact) mass is 309 g/mol. The first-order chi connectivity index (χ1) is 8.63. The van der Waals surface area contributed by atoms with Gasteiger partial charge in [-0.2, -0.15) is 5.10 Å². The minimum atomic E-state index is 0.0408. The van der Waals surface area contributed by atoms with Crippen LogP contribution >= 0.6 is 15.9 Å². The van der Waals surface area contributed by atoms with Crippen LogP contribution in [0.15, 0.2) is 29.0 Å². The summed E-state index contributed by atoms with van der Waals surface area (Å²) in [4.78, 5) is 4.01. The van der Waals surface area contributed by atoms with E-state index in [0.717, 1.165) is 27.8 Å². The molecular weight excluding hydrogens is 294 g/mol. The fourth-order valence-electron chi connectivity index (χ4n) is 1.96. The molecule has 0 fully saturated rings. The van der Waals surface area contributed by atoms with E-state index < -0.39 is 0 Å². The highest BCUT2D eigenvalue weighted by Crippen LogP contribution is 2.25. The number of nitrogens with one attached hydrogen (secondary N) is 1. The van der Waals surface area contributed by atoms with Crippen LogP contribution in [-0.4, -0.2) is 14.8 Å². The van der Waals surface area contributed by atoms with Crippen LogP contribution in [0.2, 0.25) is 0 Å². The van der Waals surface area contributed by atoms with Crippen LogP contribution < -0.4 is 11.3 Å². The average molecular weight is 310 g/mol. The minimum Gasteiger partial charge on any atom is -0.271 e. The number of aromatic nitrogens is 3. The summed E-state index contributed by atoms with van der Waals surface area (Å²) >= 11 is 3.57. The van der Waals surface area contributed by atoms with Crippen LogP contribution in [-0.2, 0) is 13.5 Å². The molecule has 96 valence electrons. The summed E-state index contributed by atoms with van der Waals surface area (Å²) in [7, 11) is 1.94. The van der Waals surface area contributed by atoms with E-state index >= 15 is 0 Å². The SMILES string of the molecule is Cc1nn(C)c(CC(NN)c2ccncc2)c1Br. The maximum atomic E-state index is 5.64. The number of halogens is 1. The molecule has 3 N–H and O–H groups in total. The van der Waals surface area contributed by atoms with Gasteiger partial charge in [0.15, 0.2) is 0 Å². The van der Waals surface area contributed by atoms with E-state index in [0.29, 0.717) is 0 Å². The molecule has 2 heterocycles. The third-order valence-corrected chi connectivity index (χ3v) is 4.00. The third kappa shape index (κ3) is 2.60. The lowest BCUT2D eigenvalue weighted by Gasteiger charge is -2.16. The Hall–Kier alpha value is -1.24. The van der Waals surface area contributed by atoms with Gasteiger partial charge in [0.2, 0.25) is 0 Å². The first-order valence-electron chi connectivity index (χ1n) is 5.67. The molecule has 2 aromatic heterocycles. The van der Waals surface area contributed by atoms with Crippen molar-refractivity contribution >= 4 is 15.9 Å². The minimum absolute atomic E-state index is 0.0408. The molecule has 6 heteroatoms. The van der Waals surface area contributed by atoms with Crippen molar-refractivity contribution < 1.29 is 0 Å². The lowest BCUT2D eigenvalue weighted by Crippen LogP contribution is -2.30. The number of hydrogen-bond donors (Lipinski definition) is 2. The smallest absolute Gasteiger partial charge is 0.0738 e. The van der Waals surface area contributed by atoms with Gasteiger partial charge >= 0.3 is 0 Å². The molecule has 5 nitrogen and oxygen atoms in total. The highest BCUT2D eigenvalue weighted by atomic mass is 79.9. The summed E-state index contributed by atoms with van der Waals surface area (Å²) in [6.45, 7) is 1.98.